The van der Waals surface area contributed by atoms with E-state index in [0.717, 1.165) is 25.3 Å². The van der Waals surface area contributed by atoms with Crippen LogP contribution in [-0.4, -0.2) is 25.7 Å². The van der Waals surface area contributed by atoms with E-state index in [0.29, 0.717) is 16.6 Å². The molecule has 3 nitrogen and oxygen atoms in total. The SMILES string of the molecule is CC1CN(c2ccc(C#N)cc2Cl)CCN1. The van der Waals surface area contributed by atoms with Gasteiger partial charge in [-0.1, -0.05) is 11.6 Å². The molecule has 0 spiro atoms. The molecule has 1 saturated heterocycles. The van der Waals surface area contributed by atoms with Crippen LogP contribution in [0.2, 0.25) is 5.02 Å². The molecule has 0 amide bonds. The van der Waals surface area contributed by atoms with Crippen LogP contribution in [0.15, 0.2) is 18.2 Å². The van der Waals surface area contributed by atoms with Gasteiger partial charge in [0.25, 0.3) is 0 Å². The highest BCUT2D eigenvalue weighted by Crippen LogP contribution is 2.27. The molecule has 1 fully saturated rings. The van der Waals surface area contributed by atoms with Crippen LogP contribution in [0.25, 0.3) is 0 Å². The minimum atomic E-state index is 0.473. The highest BCUT2D eigenvalue weighted by molar-refractivity contribution is 6.33. The maximum absolute atomic E-state index is 8.77. The molecule has 4 heteroatoms. The number of benzene rings is 1. The molecule has 2 rings (SSSR count). The number of piperazine rings is 1. The first kappa shape index (κ1) is 11.3. The summed E-state index contributed by atoms with van der Waals surface area (Å²) in [5.74, 6) is 0. The van der Waals surface area contributed by atoms with Gasteiger partial charge in [0.05, 0.1) is 22.3 Å². The van der Waals surface area contributed by atoms with Crippen molar-refractivity contribution in [2.75, 3.05) is 24.5 Å². The molecule has 1 aromatic rings. The Kier molecular flexibility index (Phi) is 3.33. The molecule has 0 aliphatic carbocycles. The van der Waals surface area contributed by atoms with Gasteiger partial charge in [0.15, 0.2) is 0 Å². The predicted octanol–water partition coefficient (Wildman–Crippen LogP) is 2.01. The summed E-state index contributed by atoms with van der Waals surface area (Å²) in [7, 11) is 0. The van der Waals surface area contributed by atoms with Crippen LogP contribution in [-0.2, 0) is 0 Å². The lowest BCUT2D eigenvalue weighted by Crippen LogP contribution is -2.49. The fraction of sp³-hybridized carbons (Fsp3) is 0.417. The van der Waals surface area contributed by atoms with Gasteiger partial charge >= 0.3 is 0 Å². The van der Waals surface area contributed by atoms with Crippen LogP contribution in [0.3, 0.4) is 0 Å². The first-order valence-electron chi connectivity index (χ1n) is 5.38. The molecule has 1 heterocycles. The minimum Gasteiger partial charge on any atom is -0.368 e. The van der Waals surface area contributed by atoms with E-state index in [2.05, 4.69) is 23.2 Å². The van der Waals surface area contributed by atoms with E-state index >= 15 is 0 Å². The van der Waals surface area contributed by atoms with Crippen LogP contribution < -0.4 is 10.2 Å². The second-order valence-corrected chi connectivity index (χ2v) is 4.49. The first-order chi connectivity index (χ1) is 7.70. The van der Waals surface area contributed by atoms with Crippen molar-refractivity contribution >= 4 is 17.3 Å². The third kappa shape index (κ3) is 2.29. The number of hydrogen-bond acceptors (Lipinski definition) is 3. The molecule has 1 N–H and O–H groups in total. The smallest absolute Gasteiger partial charge is 0.0992 e. The summed E-state index contributed by atoms with van der Waals surface area (Å²) in [4.78, 5) is 2.25. The van der Waals surface area contributed by atoms with Crippen molar-refractivity contribution in [2.24, 2.45) is 0 Å². The van der Waals surface area contributed by atoms with E-state index in [1.165, 1.54) is 0 Å². The zero-order valence-corrected chi connectivity index (χ0v) is 9.96. The predicted molar refractivity (Wildman–Crippen MR) is 65.8 cm³/mol. The number of halogens is 1. The maximum Gasteiger partial charge on any atom is 0.0992 e. The number of hydrogen-bond donors (Lipinski definition) is 1. The third-order valence-electron chi connectivity index (χ3n) is 2.79. The van der Waals surface area contributed by atoms with E-state index in [1.807, 2.05) is 12.1 Å². The fourth-order valence-electron chi connectivity index (χ4n) is 1.98. The summed E-state index contributed by atoms with van der Waals surface area (Å²) < 4.78 is 0. The summed E-state index contributed by atoms with van der Waals surface area (Å²) >= 11 is 6.18. The first-order valence-corrected chi connectivity index (χ1v) is 5.76. The Morgan fingerprint density at radius 1 is 1.56 bits per heavy atom. The van der Waals surface area contributed by atoms with Gasteiger partial charge in [-0.05, 0) is 25.1 Å². The number of nitriles is 1. The molecule has 0 bridgehead atoms. The molecule has 0 saturated carbocycles. The van der Waals surface area contributed by atoms with Crippen LogP contribution in [0, 0.1) is 11.3 Å². The lowest BCUT2D eigenvalue weighted by atomic mass is 10.1. The van der Waals surface area contributed by atoms with E-state index in [4.69, 9.17) is 16.9 Å². The summed E-state index contributed by atoms with van der Waals surface area (Å²) in [5, 5.41) is 12.8. The number of nitrogens with one attached hydrogen (secondary N) is 1. The third-order valence-corrected chi connectivity index (χ3v) is 3.09. The normalized spacial score (nSPS) is 20.6. The monoisotopic (exact) mass is 235 g/mol. The van der Waals surface area contributed by atoms with Gasteiger partial charge in [-0.3, -0.25) is 0 Å². The Morgan fingerprint density at radius 2 is 2.38 bits per heavy atom. The van der Waals surface area contributed by atoms with Gasteiger partial charge in [-0.2, -0.15) is 5.26 Å². The molecule has 1 aliphatic heterocycles. The molecule has 16 heavy (non-hydrogen) atoms. The van der Waals surface area contributed by atoms with Crippen LogP contribution >= 0.6 is 11.6 Å². The Morgan fingerprint density at radius 3 is 3.00 bits per heavy atom. The van der Waals surface area contributed by atoms with Crippen molar-refractivity contribution < 1.29 is 0 Å². The quantitative estimate of drug-likeness (QED) is 0.810. The van der Waals surface area contributed by atoms with Crippen molar-refractivity contribution in [2.45, 2.75) is 13.0 Å². The minimum absolute atomic E-state index is 0.473. The Hall–Kier alpha value is -1.24. The lowest BCUT2D eigenvalue weighted by molar-refractivity contribution is 0.485. The van der Waals surface area contributed by atoms with Crippen molar-refractivity contribution in [3.8, 4) is 6.07 Å². The Balaban J connectivity index is 2.23. The van der Waals surface area contributed by atoms with Crippen molar-refractivity contribution in [3.05, 3.63) is 28.8 Å². The number of anilines is 1. The van der Waals surface area contributed by atoms with Crippen molar-refractivity contribution in [1.82, 2.24) is 5.32 Å². The number of rotatable bonds is 1. The zero-order valence-electron chi connectivity index (χ0n) is 9.20. The Bertz CT molecular complexity index is 425. The maximum atomic E-state index is 8.77. The topological polar surface area (TPSA) is 39.1 Å². The Labute approximate surface area is 101 Å². The van der Waals surface area contributed by atoms with E-state index in [9.17, 15) is 0 Å². The molecule has 1 aromatic carbocycles. The van der Waals surface area contributed by atoms with Crippen LogP contribution in [0.1, 0.15) is 12.5 Å². The zero-order chi connectivity index (χ0) is 11.5. The molecular weight excluding hydrogens is 222 g/mol. The summed E-state index contributed by atoms with van der Waals surface area (Å²) in [6.45, 7) is 5.03. The highest BCUT2D eigenvalue weighted by atomic mass is 35.5. The summed E-state index contributed by atoms with van der Waals surface area (Å²) in [5.41, 5.74) is 1.63. The van der Waals surface area contributed by atoms with Gasteiger partial charge in [0.1, 0.15) is 0 Å². The van der Waals surface area contributed by atoms with Gasteiger partial charge in [0.2, 0.25) is 0 Å². The van der Waals surface area contributed by atoms with Crippen molar-refractivity contribution in [3.63, 3.8) is 0 Å². The molecule has 84 valence electrons. The van der Waals surface area contributed by atoms with Crippen molar-refractivity contribution in [1.29, 1.82) is 5.26 Å². The van der Waals surface area contributed by atoms with Gasteiger partial charge in [-0.15, -0.1) is 0 Å². The average Bonchev–Trinajstić information content (AvgIpc) is 2.28. The second kappa shape index (κ2) is 4.73. The van der Waals surface area contributed by atoms with E-state index < -0.39 is 0 Å². The number of nitrogens with zero attached hydrogens (tertiary/aromatic N) is 2. The molecular formula is C12H14ClN3. The molecule has 0 aromatic heterocycles. The highest BCUT2D eigenvalue weighted by Gasteiger charge is 2.17. The molecule has 1 unspecified atom stereocenters. The molecule has 1 atom stereocenters. The van der Waals surface area contributed by atoms with E-state index in [-0.39, 0.29) is 0 Å². The van der Waals surface area contributed by atoms with Crippen LogP contribution in [0.4, 0.5) is 5.69 Å². The molecule has 1 aliphatic rings. The van der Waals surface area contributed by atoms with Crippen LogP contribution in [0.5, 0.6) is 0 Å². The second-order valence-electron chi connectivity index (χ2n) is 4.08. The summed E-state index contributed by atoms with van der Waals surface area (Å²) in [6, 6.07) is 8.03. The van der Waals surface area contributed by atoms with Gasteiger partial charge < -0.3 is 10.2 Å². The van der Waals surface area contributed by atoms with Gasteiger partial charge in [-0.25, -0.2) is 0 Å². The van der Waals surface area contributed by atoms with E-state index in [1.54, 1.807) is 6.07 Å². The van der Waals surface area contributed by atoms with Gasteiger partial charge in [0, 0.05) is 25.7 Å². The lowest BCUT2D eigenvalue weighted by Gasteiger charge is -2.34. The summed E-state index contributed by atoms with van der Waals surface area (Å²) in [6.07, 6.45) is 0. The molecule has 0 radical (unpaired) electrons. The fourth-order valence-corrected chi connectivity index (χ4v) is 2.28. The average molecular weight is 236 g/mol. The largest absolute Gasteiger partial charge is 0.368 e. The standard InChI is InChI=1S/C12H14ClN3/c1-9-8-16(5-4-15-9)12-3-2-10(7-14)6-11(12)13/h2-3,6,9,15H,4-5,8H2,1H3.